The minimum atomic E-state index is 0.0335. The Hall–Kier alpha value is -1.06. The molecule has 0 aromatic heterocycles. The minimum absolute atomic E-state index is 0.0335. The highest BCUT2D eigenvalue weighted by atomic mass is 16.5. The second kappa shape index (κ2) is 4.07. The maximum atomic E-state index is 5.73. The molecule has 0 bridgehead atoms. The Morgan fingerprint density at radius 1 is 1.25 bits per heavy atom. The van der Waals surface area contributed by atoms with E-state index < -0.39 is 0 Å². The largest absolute Gasteiger partial charge is 0.378 e. The summed E-state index contributed by atoms with van der Waals surface area (Å²) in [6.07, 6.45) is 0.0335. The quantitative estimate of drug-likeness (QED) is 0.826. The zero-order valence-corrected chi connectivity index (χ0v) is 10.4. The number of hydrogen-bond donors (Lipinski definition) is 1. The molecule has 1 heterocycles. The first-order valence-corrected chi connectivity index (χ1v) is 5.64. The third kappa shape index (κ3) is 2.36. The maximum Gasteiger partial charge on any atom is 0.134 e. The van der Waals surface area contributed by atoms with Crippen molar-refractivity contribution in [3.8, 4) is 0 Å². The van der Waals surface area contributed by atoms with Crippen LogP contribution in [-0.2, 0) is 4.74 Å². The van der Waals surface area contributed by atoms with Crippen LogP contribution < -0.4 is 10.2 Å². The standard InChI is InChI=1S/C13H20N2O/c1-13(2)9-16-12(14-13)10-5-7-11(8-6-10)15(3)4/h5-8,12,14H,9H2,1-4H3. The van der Waals surface area contributed by atoms with E-state index in [2.05, 4.69) is 48.3 Å². The fraction of sp³-hybridized carbons (Fsp3) is 0.538. The number of hydrogen-bond acceptors (Lipinski definition) is 3. The molecule has 3 heteroatoms. The smallest absolute Gasteiger partial charge is 0.134 e. The van der Waals surface area contributed by atoms with Gasteiger partial charge in [-0.1, -0.05) is 12.1 Å². The molecule has 0 radical (unpaired) electrons. The van der Waals surface area contributed by atoms with Gasteiger partial charge in [-0.25, -0.2) is 0 Å². The van der Waals surface area contributed by atoms with Gasteiger partial charge in [-0.2, -0.15) is 0 Å². The zero-order chi connectivity index (χ0) is 11.8. The second-order valence-electron chi connectivity index (χ2n) is 5.21. The molecule has 1 aromatic carbocycles. The third-order valence-electron chi connectivity index (χ3n) is 2.84. The molecule has 0 spiro atoms. The Balaban J connectivity index is 2.11. The summed E-state index contributed by atoms with van der Waals surface area (Å²) in [6.45, 7) is 5.06. The minimum Gasteiger partial charge on any atom is -0.378 e. The molecule has 2 rings (SSSR count). The molecule has 1 atom stereocenters. The molecule has 1 N–H and O–H groups in total. The van der Waals surface area contributed by atoms with Crippen molar-refractivity contribution < 1.29 is 4.74 Å². The summed E-state index contributed by atoms with van der Waals surface area (Å²) in [5, 5.41) is 3.46. The van der Waals surface area contributed by atoms with Gasteiger partial charge in [0.2, 0.25) is 0 Å². The van der Waals surface area contributed by atoms with Gasteiger partial charge < -0.3 is 9.64 Å². The fourth-order valence-corrected chi connectivity index (χ4v) is 1.86. The molecule has 0 amide bonds. The zero-order valence-electron chi connectivity index (χ0n) is 10.4. The van der Waals surface area contributed by atoms with Crippen molar-refractivity contribution in [2.45, 2.75) is 25.6 Å². The van der Waals surface area contributed by atoms with Crippen molar-refractivity contribution in [3.05, 3.63) is 29.8 Å². The van der Waals surface area contributed by atoms with Gasteiger partial charge in [-0.3, -0.25) is 5.32 Å². The fourth-order valence-electron chi connectivity index (χ4n) is 1.86. The first-order chi connectivity index (χ1) is 7.48. The van der Waals surface area contributed by atoms with E-state index >= 15 is 0 Å². The van der Waals surface area contributed by atoms with Crippen LogP contribution in [0.15, 0.2) is 24.3 Å². The summed E-state index contributed by atoms with van der Waals surface area (Å²) in [4.78, 5) is 2.09. The Labute approximate surface area is 97.4 Å². The number of nitrogens with one attached hydrogen (secondary N) is 1. The van der Waals surface area contributed by atoms with E-state index in [9.17, 15) is 0 Å². The Morgan fingerprint density at radius 3 is 2.31 bits per heavy atom. The third-order valence-corrected chi connectivity index (χ3v) is 2.84. The molecule has 1 unspecified atom stereocenters. The summed E-state index contributed by atoms with van der Waals surface area (Å²) in [7, 11) is 4.09. The maximum absolute atomic E-state index is 5.73. The van der Waals surface area contributed by atoms with E-state index in [0.29, 0.717) is 0 Å². The Bertz CT molecular complexity index is 357. The normalized spacial score (nSPS) is 23.4. The van der Waals surface area contributed by atoms with Gasteiger partial charge in [0, 0.05) is 25.3 Å². The second-order valence-corrected chi connectivity index (χ2v) is 5.21. The van der Waals surface area contributed by atoms with Gasteiger partial charge in [-0.05, 0) is 31.5 Å². The van der Waals surface area contributed by atoms with Crippen molar-refractivity contribution in [1.82, 2.24) is 5.32 Å². The molecule has 1 fully saturated rings. The molecule has 0 saturated carbocycles. The lowest BCUT2D eigenvalue weighted by molar-refractivity contribution is 0.0989. The highest BCUT2D eigenvalue weighted by molar-refractivity contribution is 5.46. The predicted molar refractivity (Wildman–Crippen MR) is 66.7 cm³/mol. The highest BCUT2D eigenvalue weighted by Crippen LogP contribution is 2.26. The molecule has 1 aliphatic heterocycles. The van der Waals surface area contributed by atoms with E-state index in [1.165, 1.54) is 11.3 Å². The molecule has 88 valence electrons. The van der Waals surface area contributed by atoms with Crippen molar-refractivity contribution in [1.29, 1.82) is 0 Å². The topological polar surface area (TPSA) is 24.5 Å². The first-order valence-electron chi connectivity index (χ1n) is 5.64. The van der Waals surface area contributed by atoms with Crippen LogP contribution in [-0.4, -0.2) is 26.2 Å². The first kappa shape index (κ1) is 11.4. The predicted octanol–water partition coefficient (Wildman–Crippen LogP) is 2.15. The number of nitrogens with zero attached hydrogens (tertiary/aromatic N) is 1. The monoisotopic (exact) mass is 220 g/mol. The van der Waals surface area contributed by atoms with E-state index in [1.807, 2.05) is 14.1 Å². The highest BCUT2D eigenvalue weighted by Gasteiger charge is 2.31. The SMILES string of the molecule is CN(C)c1ccc(C2NC(C)(C)CO2)cc1. The van der Waals surface area contributed by atoms with Gasteiger partial charge in [0.15, 0.2) is 0 Å². The molecule has 0 aliphatic carbocycles. The van der Waals surface area contributed by atoms with Crippen LogP contribution in [0.25, 0.3) is 0 Å². The van der Waals surface area contributed by atoms with Gasteiger partial charge >= 0.3 is 0 Å². The van der Waals surface area contributed by atoms with Crippen molar-refractivity contribution in [2.75, 3.05) is 25.6 Å². The molecule has 16 heavy (non-hydrogen) atoms. The summed E-state index contributed by atoms with van der Waals surface area (Å²) >= 11 is 0. The van der Waals surface area contributed by atoms with Gasteiger partial charge in [0.1, 0.15) is 6.23 Å². The van der Waals surface area contributed by atoms with Gasteiger partial charge in [0.05, 0.1) is 6.61 Å². The molecular formula is C13H20N2O. The van der Waals surface area contributed by atoms with E-state index in [0.717, 1.165) is 6.61 Å². The summed E-state index contributed by atoms with van der Waals surface area (Å²) in [5.74, 6) is 0. The Morgan fingerprint density at radius 2 is 1.88 bits per heavy atom. The lowest BCUT2D eigenvalue weighted by Crippen LogP contribution is -2.35. The molecule has 1 aliphatic rings. The average Bonchev–Trinajstić information content (AvgIpc) is 2.59. The van der Waals surface area contributed by atoms with E-state index in [-0.39, 0.29) is 11.8 Å². The number of ether oxygens (including phenoxy) is 1. The average molecular weight is 220 g/mol. The molecule has 3 nitrogen and oxygen atoms in total. The summed E-state index contributed by atoms with van der Waals surface area (Å²) in [5.41, 5.74) is 2.47. The van der Waals surface area contributed by atoms with Crippen LogP contribution >= 0.6 is 0 Å². The molecule has 1 saturated heterocycles. The lowest BCUT2D eigenvalue weighted by Gasteiger charge is -2.18. The number of anilines is 1. The Kier molecular flexibility index (Phi) is 2.91. The van der Waals surface area contributed by atoms with Crippen LogP contribution in [0.4, 0.5) is 5.69 Å². The number of benzene rings is 1. The van der Waals surface area contributed by atoms with Crippen LogP contribution in [0.5, 0.6) is 0 Å². The van der Waals surface area contributed by atoms with Crippen molar-refractivity contribution in [3.63, 3.8) is 0 Å². The van der Waals surface area contributed by atoms with Crippen molar-refractivity contribution in [2.24, 2.45) is 0 Å². The van der Waals surface area contributed by atoms with E-state index in [4.69, 9.17) is 4.74 Å². The van der Waals surface area contributed by atoms with Crippen LogP contribution in [0.2, 0.25) is 0 Å². The summed E-state index contributed by atoms with van der Waals surface area (Å²) < 4.78 is 5.73. The van der Waals surface area contributed by atoms with Crippen LogP contribution in [0, 0.1) is 0 Å². The van der Waals surface area contributed by atoms with Gasteiger partial charge in [0.25, 0.3) is 0 Å². The van der Waals surface area contributed by atoms with Gasteiger partial charge in [-0.15, -0.1) is 0 Å². The van der Waals surface area contributed by atoms with Crippen molar-refractivity contribution >= 4 is 5.69 Å². The summed E-state index contributed by atoms with van der Waals surface area (Å²) in [6, 6.07) is 8.47. The van der Waals surface area contributed by atoms with Crippen LogP contribution in [0.3, 0.4) is 0 Å². The number of rotatable bonds is 2. The molecule has 1 aromatic rings. The lowest BCUT2D eigenvalue weighted by atomic mass is 10.1. The van der Waals surface area contributed by atoms with Crippen LogP contribution in [0.1, 0.15) is 25.6 Å². The molecular weight excluding hydrogens is 200 g/mol. The van der Waals surface area contributed by atoms with E-state index in [1.54, 1.807) is 0 Å².